The summed E-state index contributed by atoms with van der Waals surface area (Å²) < 4.78 is 44.0. The molecule has 0 radical (unpaired) electrons. The van der Waals surface area contributed by atoms with Gasteiger partial charge in [0, 0.05) is 24.6 Å². The van der Waals surface area contributed by atoms with Crippen LogP contribution in [0.1, 0.15) is 28.8 Å². The van der Waals surface area contributed by atoms with Crippen LogP contribution in [0.5, 0.6) is 5.75 Å². The number of likely N-dealkylation sites (tertiary alicyclic amines) is 1. The Morgan fingerprint density at radius 1 is 0.943 bits per heavy atom. The summed E-state index contributed by atoms with van der Waals surface area (Å²) in [5, 5.41) is 2.97. The summed E-state index contributed by atoms with van der Waals surface area (Å²) >= 11 is 0. The van der Waals surface area contributed by atoms with E-state index in [1.54, 1.807) is 47.4 Å². The number of ether oxygens (including phenoxy) is 1. The third kappa shape index (κ3) is 6.41. The van der Waals surface area contributed by atoms with Crippen LogP contribution in [0, 0.1) is 5.92 Å². The van der Waals surface area contributed by atoms with Gasteiger partial charge in [-0.05, 0) is 61.4 Å². The number of carbonyl (C=O) groups excluding carboxylic acids is 2. The highest BCUT2D eigenvalue weighted by Gasteiger charge is 2.30. The summed E-state index contributed by atoms with van der Waals surface area (Å²) in [7, 11) is 0. The van der Waals surface area contributed by atoms with Crippen molar-refractivity contribution in [2.45, 2.75) is 25.1 Å². The number of alkyl halides is 3. The summed E-state index contributed by atoms with van der Waals surface area (Å²) in [4.78, 5) is 27.3. The van der Waals surface area contributed by atoms with E-state index in [2.05, 4.69) is 5.32 Å². The van der Waals surface area contributed by atoms with Gasteiger partial charge in [0.2, 0.25) is 5.91 Å². The van der Waals surface area contributed by atoms with Crippen LogP contribution >= 0.6 is 0 Å². The molecule has 1 saturated heterocycles. The minimum atomic E-state index is -4.41. The second-order valence-electron chi connectivity index (χ2n) is 8.40. The Morgan fingerprint density at radius 3 is 2.29 bits per heavy atom. The van der Waals surface area contributed by atoms with E-state index in [0.717, 1.165) is 12.1 Å². The molecule has 4 rings (SSSR count). The van der Waals surface area contributed by atoms with Gasteiger partial charge in [0.25, 0.3) is 5.91 Å². The lowest BCUT2D eigenvalue weighted by Gasteiger charge is -2.32. The molecule has 1 N–H and O–H groups in total. The zero-order valence-corrected chi connectivity index (χ0v) is 18.9. The van der Waals surface area contributed by atoms with Crippen molar-refractivity contribution in [2.24, 2.45) is 5.92 Å². The van der Waals surface area contributed by atoms with Crippen LogP contribution in [0.15, 0.2) is 90.7 Å². The third-order valence-electron chi connectivity index (χ3n) is 5.93. The molecule has 5 nitrogen and oxygen atoms in total. The summed E-state index contributed by atoms with van der Waals surface area (Å²) in [6.45, 7) is 1.01. The number of nitrogens with one attached hydrogen (secondary N) is 1. The maximum atomic E-state index is 12.9. The zero-order chi connectivity index (χ0) is 24.8. The van der Waals surface area contributed by atoms with Gasteiger partial charge in [0.15, 0.2) is 0 Å². The maximum Gasteiger partial charge on any atom is 0.416 e. The van der Waals surface area contributed by atoms with Crippen molar-refractivity contribution in [3.63, 3.8) is 0 Å². The van der Waals surface area contributed by atoms with Gasteiger partial charge in [-0.15, -0.1) is 0 Å². The average molecular weight is 483 g/mol. The fourth-order valence-corrected chi connectivity index (χ4v) is 4.02. The maximum absolute atomic E-state index is 12.9. The molecular formula is C27H25F3N2O3. The Morgan fingerprint density at radius 2 is 1.63 bits per heavy atom. The molecule has 182 valence electrons. The van der Waals surface area contributed by atoms with Crippen LogP contribution in [-0.4, -0.2) is 35.8 Å². The number of amides is 2. The molecule has 1 aliphatic carbocycles. The predicted molar refractivity (Wildman–Crippen MR) is 125 cm³/mol. The molecule has 35 heavy (non-hydrogen) atoms. The molecule has 0 aromatic heterocycles. The molecule has 1 unspecified atom stereocenters. The van der Waals surface area contributed by atoms with Gasteiger partial charge in [-0.1, -0.05) is 36.4 Å². The van der Waals surface area contributed by atoms with E-state index in [4.69, 9.17) is 4.74 Å². The van der Waals surface area contributed by atoms with Gasteiger partial charge in [-0.2, -0.15) is 13.2 Å². The van der Waals surface area contributed by atoms with Crippen LogP contribution in [0.3, 0.4) is 0 Å². The summed E-state index contributed by atoms with van der Waals surface area (Å²) in [5.41, 5.74) is -0.115. The van der Waals surface area contributed by atoms with Crippen LogP contribution in [-0.2, 0) is 11.0 Å². The molecular weight excluding hydrogens is 457 g/mol. The predicted octanol–water partition coefficient (Wildman–Crippen LogP) is 5.13. The molecule has 1 aliphatic heterocycles. The molecule has 0 spiro atoms. The molecule has 1 heterocycles. The number of hydrogen-bond donors (Lipinski definition) is 1. The zero-order valence-electron chi connectivity index (χ0n) is 18.9. The summed E-state index contributed by atoms with van der Waals surface area (Å²) in [6, 6.07) is 13.1. The van der Waals surface area contributed by atoms with Crippen molar-refractivity contribution in [2.75, 3.05) is 13.1 Å². The van der Waals surface area contributed by atoms with E-state index in [0.29, 0.717) is 37.3 Å². The van der Waals surface area contributed by atoms with Crippen molar-refractivity contribution in [3.05, 3.63) is 102 Å². The van der Waals surface area contributed by atoms with Crippen molar-refractivity contribution in [3.8, 4) is 5.75 Å². The molecule has 1 fully saturated rings. The summed E-state index contributed by atoms with van der Waals surface area (Å²) in [6.07, 6.45) is 5.39. The lowest BCUT2D eigenvalue weighted by atomic mass is 9.95. The highest BCUT2D eigenvalue weighted by atomic mass is 19.4. The molecule has 0 bridgehead atoms. The lowest BCUT2D eigenvalue weighted by Crippen LogP contribution is -2.44. The Hall–Kier alpha value is -3.81. The molecule has 0 saturated carbocycles. The van der Waals surface area contributed by atoms with Gasteiger partial charge in [-0.25, -0.2) is 0 Å². The fourth-order valence-electron chi connectivity index (χ4n) is 4.02. The van der Waals surface area contributed by atoms with Crippen molar-refractivity contribution >= 4 is 11.8 Å². The van der Waals surface area contributed by atoms with E-state index in [-0.39, 0.29) is 23.5 Å². The number of halogens is 3. The van der Waals surface area contributed by atoms with Gasteiger partial charge >= 0.3 is 6.18 Å². The number of benzene rings is 2. The molecule has 1 atom stereocenters. The normalized spacial score (nSPS) is 18.5. The van der Waals surface area contributed by atoms with E-state index in [9.17, 15) is 22.8 Å². The first kappa shape index (κ1) is 24.3. The number of allylic oxidation sites excluding steroid dienone is 3. The van der Waals surface area contributed by atoms with Gasteiger partial charge in [-0.3, -0.25) is 9.59 Å². The molecule has 2 aliphatic rings. The first-order chi connectivity index (χ1) is 16.8. The smallest absolute Gasteiger partial charge is 0.416 e. The number of nitrogens with zero attached hydrogens (tertiary/aromatic N) is 1. The highest BCUT2D eigenvalue weighted by molar-refractivity contribution is 5.94. The van der Waals surface area contributed by atoms with Crippen molar-refractivity contribution in [1.82, 2.24) is 10.2 Å². The van der Waals surface area contributed by atoms with Gasteiger partial charge in [0.05, 0.1) is 11.6 Å². The second kappa shape index (κ2) is 10.6. The van der Waals surface area contributed by atoms with Gasteiger partial charge in [0.1, 0.15) is 11.5 Å². The molecule has 8 heteroatoms. The largest absolute Gasteiger partial charge is 0.458 e. The Labute approximate surface area is 201 Å². The molecule has 2 amide bonds. The first-order valence-electron chi connectivity index (χ1n) is 11.4. The second-order valence-corrected chi connectivity index (χ2v) is 8.40. The lowest BCUT2D eigenvalue weighted by molar-refractivity contribution is -0.137. The van der Waals surface area contributed by atoms with E-state index >= 15 is 0 Å². The van der Waals surface area contributed by atoms with Crippen LogP contribution in [0.4, 0.5) is 13.2 Å². The Balaban J connectivity index is 1.32. The summed E-state index contributed by atoms with van der Waals surface area (Å²) in [5.74, 6) is 0.306. The van der Waals surface area contributed by atoms with Gasteiger partial charge < -0.3 is 15.0 Å². The fraction of sp³-hybridized carbons (Fsp3) is 0.259. The van der Waals surface area contributed by atoms with Crippen LogP contribution < -0.4 is 10.1 Å². The Bertz CT molecular complexity index is 1130. The minimum absolute atomic E-state index is 0.0322. The van der Waals surface area contributed by atoms with Crippen molar-refractivity contribution < 1.29 is 27.5 Å². The number of carbonyl (C=O) groups is 2. The first-order valence-corrected chi connectivity index (χ1v) is 11.4. The Kier molecular flexibility index (Phi) is 7.39. The minimum Gasteiger partial charge on any atom is -0.458 e. The standard InChI is InChI=1S/C27H25F3N2O3/c28-27(29,30)21-10-12-23(13-11-21)35-24-9-5-4-8-22(18-24)31-25(33)19-14-16-32(17-15-19)26(34)20-6-2-1-3-7-20/h1-13,18-19,22H,14-17H2,(H,31,33). The molecule has 2 aromatic rings. The quantitative estimate of drug-likeness (QED) is 0.643. The van der Waals surface area contributed by atoms with Crippen LogP contribution in [0.25, 0.3) is 0 Å². The third-order valence-corrected chi connectivity index (χ3v) is 5.93. The number of rotatable bonds is 5. The number of piperidine rings is 1. The number of hydrogen-bond acceptors (Lipinski definition) is 3. The van der Waals surface area contributed by atoms with E-state index in [1.807, 2.05) is 18.2 Å². The monoisotopic (exact) mass is 482 g/mol. The highest BCUT2D eigenvalue weighted by Crippen LogP contribution is 2.30. The SMILES string of the molecule is O=C(NC1C=CC=CC(Oc2ccc(C(F)(F)F)cc2)=C1)C1CCN(C(=O)c2ccccc2)CC1. The van der Waals surface area contributed by atoms with Crippen molar-refractivity contribution in [1.29, 1.82) is 0 Å². The van der Waals surface area contributed by atoms with Crippen LogP contribution in [0.2, 0.25) is 0 Å². The topological polar surface area (TPSA) is 58.6 Å². The van der Waals surface area contributed by atoms with E-state index < -0.39 is 17.8 Å². The van der Waals surface area contributed by atoms with E-state index in [1.165, 1.54) is 12.1 Å². The average Bonchev–Trinajstić information content (AvgIpc) is 3.08. The molecule has 2 aromatic carbocycles.